The average Bonchev–Trinajstić information content (AvgIpc) is 2.90. The van der Waals surface area contributed by atoms with Crippen LogP contribution in [-0.2, 0) is 0 Å². The number of thiophene rings is 1. The Morgan fingerprint density at radius 2 is 2.00 bits per heavy atom. The number of amides is 1. The van der Waals surface area contributed by atoms with Gasteiger partial charge < -0.3 is 4.90 Å². The van der Waals surface area contributed by atoms with Crippen molar-refractivity contribution in [2.24, 2.45) is 0 Å². The van der Waals surface area contributed by atoms with Gasteiger partial charge in [0, 0.05) is 18.0 Å². The normalized spacial score (nSPS) is 19.1. The molecule has 0 radical (unpaired) electrons. The van der Waals surface area contributed by atoms with E-state index in [9.17, 15) is 4.79 Å². The minimum atomic E-state index is 0.180. The Labute approximate surface area is 132 Å². The van der Waals surface area contributed by atoms with Gasteiger partial charge in [0.15, 0.2) is 0 Å². The molecule has 1 aromatic heterocycles. The van der Waals surface area contributed by atoms with Gasteiger partial charge in [-0.05, 0) is 59.7 Å². The largest absolute Gasteiger partial charge is 0.339 e. The zero-order valence-electron chi connectivity index (χ0n) is 11.4. The predicted molar refractivity (Wildman–Crippen MR) is 88.1 cm³/mol. The van der Waals surface area contributed by atoms with Crippen LogP contribution in [0.25, 0.3) is 5.57 Å². The molecule has 1 aliphatic heterocycles. The van der Waals surface area contributed by atoms with Gasteiger partial charge in [-0.15, -0.1) is 11.3 Å². The van der Waals surface area contributed by atoms with Crippen LogP contribution in [0.2, 0.25) is 0 Å². The lowest BCUT2D eigenvalue weighted by Gasteiger charge is -2.26. The Kier molecular flexibility index (Phi) is 4.41. The Balaban J connectivity index is 1.83. The van der Waals surface area contributed by atoms with Crippen LogP contribution < -0.4 is 0 Å². The second-order valence-corrected chi connectivity index (χ2v) is 7.66. The summed E-state index contributed by atoms with van der Waals surface area (Å²) in [5.74, 6) is 0.180. The van der Waals surface area contributed by atoms with Gasteiger partial charge in [0.05, 0.1) is 9.35 Å². The van der Waals surface area contributed by atoms with E-state index < -0.39 is 0 Å². The van der Waals surface area contributed by atoms with Crippen LogP contribution in [0.3, 0.4) is 0 Å². The first-order chi connectivity index (χ1) is 9.75. The molecule has 2 heterocycles. The third-order valence-electron chi connectivity index (χ3n) is 3.84. The maximum absolute atomic E-state index is 12.6. The van der Waals surface area contributed by atoms with Crippen molar-refractivity contribution in [1.29, 1.82) is 0 Å². The molecule has 1 aliphatic carbocycles. The van der Waals surface area contributed by atoms with Gasteiger partial charge >= 0.3 is 0 Å². The molecule has 3 rings (SSSR count). The zero-order valence-corrected chi connectivity index (χ0v) is 13.8. The van der Waals surface area contributed by atoms with Gasteiger partial charge in [-0.1, -0.05) is 18.2 Å². The van der Waals surface area contributed by atoms with E-state index in [4.69, 9.17) is 0 Å². The minimum Gasteiger partial charge on any atom is -0.339 e. The predicted octanol–water partition coefficient (Wildman–Crippen LogP) is 4.87. The molecular weight excluding hydrogens is 334 g/mol. The quantitative estimate of drug-likeness (QED) is 0.744. The standard InChI is InChI=1S/C16H18BrNOS/c17-15-13(16(19)18-9-5-2-6-10-18)11-14(20-15)12-7-3-1-4-8-12/h3,7-8,11H,1-2,4-6,9-10H2. The first-order valence-electron chi connectivity index (χ1n) is 7.21. The van der Waals surface area contributed by atoms with E-state index >= 15 is 0 Å². The van der Waals surface area contributed by atoms with E-state index in [1.165, 1.54) is 16.9 Å². The molecule has 20 heavy (non-hydrogen) atoms. The highest BCUT2D eigenvalue weighted by Crippen LogP contribution is 2.35. The summed E-state index contributed by atoms with van der Waals surface area (Å²) in [4.78, 5) is 15.8. The smallest absolute Gasteiger partial charge is 0.255 e. The maximum atomic E-state index is 12.6. The molecule has 0 atom stereocenters. The summed E-state index contributed by atoms with van der Waals surface area (Å²) in [7, 11) is 0. The molecule has 0 saturated carbocycles. The molecule has 0 N–H and O–H groups in total. The summed E-state index contributed by atoms with van der Waals surface area (Å²) in [5, 5.41) is 0. The van der Waals surface area contributed by atoms with Crippen LogP contribution in [0, 0.1) is 0 Å². The number of hydrogen-bond acceptors (Lipinski definition) is 2. The molecule has 0 spiro atoms. The fourth-order valence-electron chi connectivity index (χ4n) is 2.72. The summed E-state index contributed by atoms with van der Waals surface area (Å²) >= 11 is 5.23. The van der Waals surface area contributed by atoms with Crippen molar-refractivity contribution in [2.75, 3.05) is 13.1 Å². The number of carbonyl (C=O) groups excluding carboxylic acids is 1. The fraction of sp³-hybridized carbons (Fsp3) is 0.438. The molecule has 1 saturated heterocycles. The van der Waals surface area contributed by atoms with E-state index in [2.05, 4.69) is 34.2 Å². The highest BCUT2D eigenvalue weighted by Gasteiger charge is 2.22. The van der Waals surface area contributed by atoms with Crippen LogP contribution in [0.1, 0.15) is 47.3 Å². The van der Waals surface area contributed by atoms with Gasteiger partial charge in [0.1, 0.15) is 0 Å². The van der Waals surface area contributed by atoms with Gasteiger partial charge in [-0.3, -0.25) is 4.79 Å². The molecule has 4 heteroatoms. The van der Waals surface area contributed by atoms with E-state index in [-0.39, 0.29) is 5.91 Å². The number of piperidine rings is 1. The second kappa shape index (κ2) is 6.27. The third kappa shape index (κ3) is 2.91. The number of rotatable bonds is 2. The van der Waals surface area contributed by atoms with E-state index in [0.29, 0.717) is 0 Å². The first-order valence-corrected chi connectivity index (χ1v) is 8.82. The van der Waals surface area contributed by atoms with Gasteiger partial charge in [0.2, 0.25) is 0 Å². The van der Waals surface area contributed by atoms with Gasteiger partial charge in [-0.25, -0.2) is 0 Å². The number of carbonyl (C=O) groups is 1. The molecular formula is C16H18BrNOS. The monoisotopic (exact) mass is 351 g/mol. The Morgan fingerprint density at radius 3 is 2.70 bits per heavy atom. The zero-order chi connectivity index (χ0) is 13.9. The van der Waals surface area contributed by atoms with Crippen molar-refractivity contribution in [3.8, 4) is 0 Å². The van der Waals surface area contributed by atoms with Crippen LogP contribution in [0.4, 0.5) is 0 Å². The van der Waals surface area contributed by atoms with E-state index in [1.54, 1.807) is 11.3 Å². The number of halogens is 1. The van der Waals surface area contributed by atoms with Crippen LogP contribution in [-0.4, -0.2) is 23.9 Å². The maximum Gasteiger partial charge on any atom is 0.255 e. The first kappa shape index (κ1) is 14.1. The van der Waals surface area contributed by atoms with Crippen LogP contribution >= 0.6 is 27.3 Å². The number of likely N-dealkylation sites (tertiary alicyclic amines) is 1. The average molecular weight is 352 g/mol. The van der Waals surface area contributed by atoms with Gasteiger partial charge in [0.25, 0.3) is 5.91 Å². The molecule has 1 fully saturated rings. The lowest BCUT2D eigenvalue weighted by molar-refractivity contribution is 0.0724. The van der Waals surface area contributed by atoms with Crippen LogP contribution in [0.5, 0.6) is 0 Å². The molecule has 0 aromatic carbocycles. The van der Waals surface area contributed by atoms with Crippen molar-refractivity contribution < 1.29 is 4.79 Å². The van der Waals surface area contributed by atoms with Crippen LogP contribution in [0.15, 0.2) is 28.1 Å². The SMILES string of the molecule is O=C(c1cc(C2=CCCC=C2)sc1Br)N1CCCCC1. The van der Waals surface area contributed by atoms with Crippen molar-refractivity contribution in [3.05, 3.63) is 38.5 Å². The highest BCUT2D eigenvalue weighted by molar-refractivity contribution is 9.11. The number of allylic oxidation sites excluding steroid dienone is 4. The molecule has 0 unspecified atom stereocenters. The van der Waals surface area contributed by atoms with Crippen molar-refractivity contribution in [1.82, 2.24) is 4.90 Å². The van der Waals surface area contributed by atoms with E-state index in [1.807, 2.05) is 11.0 Å². The number of hydrogen-bond donors (Lipinski definition) is 0. The molecule has 0 bridgehead atoms. The van der Waals surface area contributed by atoms with Crippen molar-refractivity contribution in [3.63, 3.8) is 0 Å². The lowest BCUT2D eigenvalue weighted by atomic mass is 10.1. The summed E-state index contributed by atoms with van der Waals surface area (Å²) in [6.07, 6.45) is 12.4. The lowest BCUT2D eigenvalue weighted by Crippen LogP contribution is -2.35. The Bertz CT molecular complexity index is 567. The topological polar surface area (TPSA) is 20.3 Å². The Morgan fingerprint density at radius 1 is 1.20 bits per heavy atom. The molecule has 106 valence electrons. The van der Waals surface area contributed by atoms with E-state index in [0.717, 1.165) is 48.1 Å². The molecule has 2 nitrogen and oxygen atoms in total. The summed E-state index contributed by atoms with van der Waals surface area (Å²) < 4.78 is 0.961. The third-order valence-corrected chi connectivity index (χ3v) is 5.73. The summed E-state index contributed by atoms with van der Waals surface area (Å²) in [5.41, 5.74) is 2.08. The molecule has 2 aliphatic rings. The highest BCUT2D eigenvalue weighted by atomic mass is 79.9. The molecule has 1 amide bonds. The fourth-order valence-corrected chi connectivity index (χ4v) is 4.42. The number of nitrogens with zero attached hydrogens (tertiary/aromatic N) is 1. The van der Waals surface area contributed by atoms with Crippen molar-refractivity contribution in [2.45, 2.75) is 32.1 Å². The molecule has 1 aromatic rings. The summed E-state index contributed by atoms with van der Waals surface area (Å²) in [6.45, 7) is 1.80. The Hall–Kier alpha value is -0.870. The minimum absolute atomic E-state index is 0.180. The van der Waals surface area contributed by atoms with Gasteiger partial charge in [-0.2, -0.15) is 0 Å². The second-order valence-electron chi connectivity index (χ2n) is 5.29. The van der Waals surface area contributed by atoms with Crippen molar-refractivity contribution >= 4 is 38.7 Å². The summed E-state index contributed by atoms with van der Waals surface area (Å²) in [6, 6.07) is 2.05.